The Morgan fingerprint density at radius 3 is 1.29 bits per heavy atom. The summed E-state index contributed by atoms with van der Waals surface area (Å²) in [4.78, 5) is 113. The Hall–Kier alpha value is -5.79. The number of Topliss-reactive ketones (excluding diaryl/α,β-unsaturated/α-hetero) is 2. The van der Waals surface area contributed by atoms with Gasteiger partial charge in [0.25, 0.3) is 0 Å². The Morgan fingerprint density at radius 1 is 0.610 bits per heavy atom. The number of nitrogens with zero attached hydrogens (tertiary/aromatic N) is 4. The highest BCUT2D eigenvalue weighted by atomic mass is 35.5. The molecule has 4 aliphatic heterocycles. The first-order chi connectivity index (χ1) is 35.9. The van der Waals surface area contributed by atoms with Crippen molar-refractivity contribution in [2.45, 2.75) is 156 Å². The SMILES string of the molecule is CC(C)C[C@@H](NC(=O)C(C)(C)N)C(=O)CC1Cc2cccc(N3CCCC3=O)c2N(Cc2ccsc2)C1=O.CC(C)C[C@@H](NC(=O)C(C)(C)N)C(=O)CC1Cc2cccc(N3CCCC3=O)c2N(Cc2ccsc2)C1=O.Cl. The molecule has 2 fully saturated rings. The second-order valence-electron chi connectivity index (χ2n) is 22.9. The summed E-state index contributed by atoms with van der Waals surface area (Å²) in [6.45, 7) is 16.4. The van der Waals surface area contributed by atoms with E-state index in [2.05, 4.69) is 10.6 Å². The quantitative estimate of drug-likeness (QED) is 0.0666. The molecule has 416 valence electrons. The van der Waals surface area contributed by atoms with Crippen molar-refractivity contribution < 1.29 is 38.4 Å². The number of para-hydroxylation sites is 2. The molecular weight excluding hydrogens is 1040 g/mol. The molecule has 8 rings (SSSR count). The molecule has 0 radical (unpaired) electrons. The van der Waals surface area contributed by atoms with Crippen LogP contribution >= 0.6 is 35.1 Å². The summed E-state index contributed by atoms with van der Waals surface area (Å²) in [6.07, 6.45) is 4.38. The topological polar surface area (TPSA) is 226 Å². The van der Waals surface area contributed by atoms with E-state index in [0.29, 0.717) is 64.7 Å². The number of nitrogens with one attached hydrogen (secondary N) is 2. The van der Waals surface area contributed by atoms with Gasteiger partial charge in [0.15, 0.2) is 11.6 Å². The van der Waals surface area contributed by atoms with Crippen LogP contribution in [-0.2, 0) is 64.3 Å². The number of carbonyl (C=O) groups is 8. The monoisotopic (exact) mass is 1110 g/mol. The third kappa shape index (κ3) is 14.9. The van der Waals surface area contributed by atoms with Crippen molar-refractivity contribution >= 4 is 105 Å². The molecule has 16 nitrogen and oxygen atoms in total. The minimum Gasteiger partial charge on any atom is -0.345 e. The van der Waals surface area contributed by atoms with Crippen molar-refractivity contribution in [3.8, 4) is 0 Å². The highest BCUT2D eigenvalue weighted by molar-refractivity contribution is 7.08. The minimum absolute atomic E-state index is 0. The molecule has 2 unspecified atom stereocenters. The fourth-order valence-electron chi connectivity index (χ4n) is 10.4. The summed E-state index contributed by atoms with van der Waals surface area (Å²) < 4.78 is 0. The number of hydrogen-bond acceptors (Lipinski definition) is 12. The molecule has 4 aliphatic rings. The van der Waals surface area contributed by atoms with Crippen molar-refractivity contribution in [2.24, 2.45) is 35.1 Å². The first-order valence-corrected chi connectivity index (χ1v) is 28.5. The second-order valence-corrected chi connectivity index (χ2v) is 24.4. The third-order valence-corrected chi connectivity index (χ3v) is 15.8. The van der Waals surface area contributed by atoms with Gasteiger partial charge in [0, 0.05) is 50.6 Å². The molecule has 0 bridgehead atoms. The van der Waals surface area contributed by atoms with Crippen LogP contribution in [0.1, 0.15) is 129 Å². The van der Waals surface area contributed by atoms with E-state index in [4.69, 9.17) is 11.5 Å². The van der Waals surface area contributed by atoms with Crippen LogP contribution in [0, 0.1) is 23.7 Å². The molecule has 0 aliphatic carbocycles. The van der Waals surface area contributed by atoms with Crippen LogP contribution in [-0.4, -0.2) is 83.3 Å². The Bertz CT molecular complexity index is 2600. The van der Waals surface area contributed by atoms with Gasteiger partial charge in [-0.3, -0.25) is 38.4 Å². The molecule has 2 aromatic carbocycles. The van der Waals surface area contributed by atoms with Gasteiger partial charge in [-0.15, -0.1) is 12.4 Å². The van der Waals surface area contributed by atoms with Crippen LogP contribution in [0.5, 0.6) is 0 Å². The molecule has 19 heteroatoms. The van der Waals surface area contributed by atoms with E-state index in [-0.39, 0.29) is 72.3 Å². The molecule has 4 atom stereocenters. The number of benzene rings is 2. The van der Waals surface area contributed by atoms with E-state index in [9.17, 15) is 38.4 Å². The lowest BCUT2D eigenvalue weighted by Crippen LogP contribution is -2.54. The number of fused-ring (bicyclic) bond motifs is 2. The van der Waals surface area contributed by atoms with Gasteiger partial charge in [-0.05, 0) is 146 Å². The number of carbonyl (C=O) groups excluding carboxylic acids is 8. The van der Waals surface area contributed by atoms with Crippen LogP contribution in [0.3, 0.4) is 0 Å². The van der Waals surface area contributed by atoms with Gasteiger partial charge in [-0.25, -0.2) is 0 Å². The van der Waals surface area contributed by atoms with Crippen molar-refractivity contribution in [1.29, 1.82) is 0 Å². The molecule has 77 heavy (non-hydrogen) atoms. The zero-order chi connectivity index (χ0) is 55.2. The van der Waals surface area contributed by atoms with Crippen molar-refractivity contribution in [1.82, 2.24) is 10.6 Å². The summed E-state index contributed by atoms with van der Waals surface area (Å²) in [5.41, 5.74) is 16.6. The Morgan fingerprint density at radius 2 is 0.987 bits per heavy atom. The predicted molar refractivity (Wildman–Crippen MR) is 307 cm³/mol. The van der Waals surface area contributed by atoms with Crippen LogP contribution in [0.2, 0.25) is 0 Å². The molecule has 0 spiro atoms. The van der Waals surface area contributed by atoms with E-state index < -0.39 is 46.8 Å². The van der Waals surface area contributed by atoms with E-state index in [1.807, 2.05) is 97.7 Å². The third-order valence-electron chi connectivity index (χ3n) is 14.3. The number of nitrogens with two attached hydrogens (primary N) is 2. The smallest absolute Gasteiger partial charge is 0.240 e. The van der Waals surface area contributed by atoms with Crippen molar-refractivity contribution in [3.63, 3.8) is 0 Å². The second kappa shape index (κ2) is 25.8. The van der Waals surface area contributed by atoms with Gasteiger partial charge >= 0.3 is 0 Å². The van der Waals surface area contributed by atoms with Gasteiger partial charge < -0.3 is 41.7 Å². The molecule has 4 aromatic rings. The summed E-state index contributed by atoms with van der Waals surface area (Å²) in [7, 11) is 0. The maximum absolute atomic E-state index is 14.0. The minimum atomic E-state index is -1.12. The van der Waals surface area contributed by atoms with Crippen molar-refractivity contribution in [3.05, 3.63) is 92.3 Å². The van der Waals surface area contributed by atoms with Gasteiger partial charge in [0.1, 0.15) is 0 Å². The summed E-state index contributed by atoms with van der Waals surface area (Å²) in [6, 6.07) is 14.2. The molecule has 6 heterocycles. The molecule has 6 N–H and O–H groups in total. The molecular formula is C58H77ClN8O8S2. The van der Waals surface area contributed by atoms with Gasteiger partial charge in [-0.2, -0.15) is 22.7 Å². The molecule has 0 saturated carbocycles. The van der Waals surface area contributed by atoms with Crippen molar-refractivity contribution in [2.75, 3.05) is 32.7 Å². The fraction of sp³-hybridized carbons (Fsp3) is 0.517. The summed E-state index contributed by atoms with van der Waals surface area (Å²) >= 11 is 3.12. The van der Waals surface area contributed by atoms with Crippen LogP contribution in [0.25, 0.3) is 0 Å². The Balaban J connectivity index is 0.000000246. The number of hydrogen-bond donors (Lipinski definition) is 4. The van der Waals surface area contributed by atoms with Gasteiger partial charge in [-0.1, -0.05) is 52.0 Å². The summed E-state index contributed by atoms with van der Waals surface area (Å²) in [5, 5.41) is 13.6. The van der Waals surface area contributed by atoms with Gasteiger partial charge in [0.2, 0.25) is 35.4 Å². The number of ketones is 2. The lowest BCUT2D eigenvalue weighted by Gasteiger charge is -2.37. The average Bonchev–Trinajstić information content (AvgIpc) is 4.21. The maximum atomic E-state index is 14.0. The van der Waals surface area contributed by atoms with E-state index in [0.717, 1.165) is 57.8 Å². The lowest BCUT2D eigenvalue weighted by molar-refractivity contribution is -0.132. The fourth-order valence-corrected chi connectivity index (χ4v) is 11.7. The highest BCUT2D eigenvalue weighted by Gasteiger charge is 2.42. The van der Waals surface area contributed by atoms with Crippen LogP contribution in [0.15, 0.2) is 70.1 Å². The predicted octanol–water partition coefficient (Wildman–Crippen LogP) is 8.04. The number of anilines is 4. The zero-order valence-corrected chi connectivity index (χ0v) is 48.2. The zero-order valence-electron chi connectivity index (χ0n) is 45.7. The Labute approximate surface area is 467 Å². The normalized spacial score (nSPS) is 18.4. The number of rotatable bonds is 20. The lowest BCUT2D eigenvalue weighted by atomic mass is 9.84. The maximum Gasteiger partial charge on any atom is 0.240 e. The molecule has 2 saturated heterocycles. The number of halogens is 1. The standard InChI is InChI=1S/2C29H38N4O4S.ClH/c2*1-18(2)13-22(31-28(37)29(3,4)30)24(34)15-21-14-20-7-5-8-23(32-11-6-9-25(32)35)26(20)33(27(21)36)16-19-10-12-38-17-19;/h2*5,7-8,10,12,17-18,21-22H,6,9,11,13-16,30H2,1-4H3,(H,31,37);1H/t2*21?,22-;/m11./s1. The number of amides is 6. The first-order valence-electron chi connectivity index (χ1n) is 26.7. The molecule has 2 aromatic heterocycles. The Kier molecular flexibility index (Phi) is 20.2. The molecule has 6 amide bonds. The van der Waals surface area contributed by atoms with E-state index >= 15 is 0 Å². The van der Waals surface area contributed by atoms with E-state index in [1.165, 1.54) is 0 Å². The first kappa shape index (κ1) is 60.4. The summed E-state index contributed by atoms with van der Waals surface area (Å²) in [5.74, 6) is -2.04. The van der Waals surface area contributed by atoms with Crippen LogP contribution in [0.4, 0.5) is 22.7 Å². The van der Waals surface area contributed by atoms with E-state index in [1.54, 1.807) is 70.0 Å². The largest absolute Gasteiger partial charge is 0.345 e. The highest BCUT2D eigenvalue weighted by Crippen LogP contribution is 2.44. The number of thiophene rings is 2. The average molecular weight is 1110 g/mol. The van der Waals surface area contributed by atoms with Crippen LogP contribution < -0.4 is 41.7 Å². The van der Waals surface area contributed by atoms with Gasteiger partial charge in [0.05, 0.1) is 59.0 Å².